The smallest absolute Gasteiger partial charge is 0.410 e. The highest BCUT2D eigenvalue weighted by Gasteiger charge is 2.32. The van der Waals surface area contributed by atoms with Crippen LogP contribution in [0.5, 0.6) is 0 Å². The highest BCUT2D eigenvalue weighted by Crippen LogP contribution is 2.23. The number of ether oxygens (including phenoxy) is 1. The Morgan fingerprint density at radius 2 is 2.15 bits per heavy atom. The van der Waals surface area contributed by atoms with Gasteiger partial charge >= 0.3 is 12.1 Å². The lowest BCUT2D eigenvalue weighted by Gasteiger charge is -2.24. The minimum absolute atomic E-state index is 0.110. The van der Waals surface area contributed by atoms with Crippen LogP contribution >= 0.6 is 0 Å². The zero-order chi connectivity index (χ0) is 14.9. The van der Waals surface area contributed by atoms with Crippen molar-refractivity contribution >= 4 is 12.1 Å². The molecule has 1 fully saturated rings. The van der Waals surface area contributed by atoms with E-state index < -0.39 is 17.7 Å². The molecule has 1 saturated heterocycles. The lowest BCUT2D eigenvalue weighted by molar-refractivity contribution is 0.0288. The van der Waals surface area contributed by atoms with Gasteiger partial charge in [0.1, 0.15) is 11.9 Å². The van der Waals surface area contributed by atoms with E-state index in [1.54, 1.807) is 25.7 Å². The summed E-state index contributed by atoms with van der Waals surface area (Å²) in [5, 5.41) is 12.9. The molecule has 1 aromatic heterocycles. The van der Waals surface area contributed by atoms with Crippen LogP contribution in [-0.4, -0.2) is 55.5 Å². The summed E-state index contributed by atoms with van der Waals surface area (Å²) >= 11 is 0. The van der Waals surface area contributed by atoms with E-state index in [0.717, 1.165) is 0 Å². The van der Waals surface area contributed by atoms with Gasteiger partial charge in [-0.05, 0) is 27.2 Å². The van der Waals surface area contributed by atoms with Crippen molar-refractivity contribution < 1.29 is 19.4 Å². The molecule has 1 aliphatic rings. The average molecular weight is 282 g/mol. The Kier molecular flexibility index (Phi) is 3.65. The number of rotatable bonds is 2. The number of likely N-dealkylation sites (tertiary alicyclic amines) is 1. The fourth-order valence-corrected chi connectivity index (χ4v) is 2.10. The van der Waals surface area contributed by atoms with Crippen molar-refractivity contribution in [3.05, 3.63) is 12.2 Å². The number of amides is 1. The van der Waals surface area contributed by atoms with Gasteiger partial charge in [-0.1, -0.05) is 0 Å². The van der Waals surface area contributed by atoms with Gasteiger partial charge in [0.15, 0.2) is 0 Å². The Morgan fingerprint density at radius 1 is 1.45 bits per heavy atom. The fourth-order valence-electron chi connectivity index (χ4n) is 2.10. The number of carboxylic acids is 1. The van der Waals surface area contributed by atoms with Gasteiger partial charge in [-0.15, -0.1) is 0 Å². The molecule has 1 aliphatic heterocycles. The lowest BCUT2D eigenvalue weighted by atomic mass is 10.2. The first-order valence-electron chi connectivity index (χ1n) is 6.38. The SMILES string of the molecule is CC(C)(C)OC(=O)N1CCC(n2ncnc2C(=O)O)C1. The summed E-state index contributed by atoms with van der Waals surface area (Å²) in [5.74, 6) is -1.24. The monoisotopic (exact) mass is 282 g/mol. The molecule has 0 aliphatic carbocycles. The quantitative estimate of drug-likeness (QED) is 0.874. The number of aromatic nitrogens is 3. The molecule has 0 aromatic carbocycles. The molecule has 2 heterocycles. The molecule has 2 rings (SSSR count). The average Bonchev–Trinajstić information content (AvgIpc) is 2.95. The van der Waals surface area contributed by atoms with Crippen LogP contribution in [0.4, 0.5) is 4.79 Å². The summed E-state index contributed by atoms with van der Waals surface area (Å²) in [6, 6.07) is -0.184. The molecule has 1 aromatic rings. The summed E-state index contributed by atoms with van der Waals surface area (Å²) in [6.07, 6.45) is 1.44. The zero-order valence-electron chi connectivity index (χ0n) is 11.7. The normalized spacial score (nSPS) is 19.1. The molecule has 1 atom stereocenters. The Balaban J connectivity index is 2.04. The first-order chi connectivity index (χ1) is 9.28. The predicted octanol–water partition coefficient (Wildman–Crippen LogP) is 1.16. The second-order valence-corrected chi connectivity index (χ2v) is 5.70. The van der Waals surface area contributed by atoms with E-state index in [4.69, 9.17) is 9.84 Å². The second-order valence-electron chi connectivity index (χ2n) is 5.70. The van der Waals surface area contributed by atoms with Gasteiger partial charge in [0.2, 0.25) is 5.82 Å². The minimum Gasteiger partial charge on any atom is -0.475 e. The van der Waals surface area contributed by atoms with Crippen LogP contribution in [0.3, 0.4) is 0 Å². The molecule has 20 heavy (non-hydrogen) atoms. The second kappa shape index (κ2) is 5.10. The van der Waals surface area contributed by atoms with Crippen molar-refractivity contribution in [1.82, 2.24) is 19.7 Å². The van der Waals surface area contributed by atoms with Gasteiger partial charge in [-0.2, -0.15) is 5.10 Å². The van der Waals surface area contributed by atoms with Crippen LogP contribution in [-0.2, 0) is 4.74 Å². The van der Waals surface area contributed by atoms with Crippen LogP contribution in [0.15, 0.2) is 6.33 Å². The summed E-state index contributed by atoms with van der Waals surface area (Å²) in [7, 11) is 0. The molecule has 0 bridgehead atoms. The zero-order valence-corrected chi connectivity index (χ0v) is 11.7. The van der Waals surface area contributed by atoms with Crippen LogP contribution < -0.4 is 0 Å². The number of hydrogen-bond donors (Lipinski definition) is 1. The molecular weight excluding hydrogens is 264 g/mol. The molecular formula is C12H18N4O4. The van der Waals surface area contributed by atoms with E-state index in [2.05, 4.69) is 10.1 Å². The van der Waals surface area contributed by atoms with Crippen LogP contribution in [0.1, 0.15) is 43.9 Å². The molecule has 0 saturated carbocycles. The van der Waals surface area contributed by atoms with E-state index in [1.807, 2.05) is 0 Å². The van der Waals surface area contributed by atoms with E-state index in [-0.39, 0.29) is 11.9 Å². The highest BCUT2D eigenvalue weighted by atomic mass is 16.6. The van der Waals surface area contributed by atoms with Gasteiger partial charge in [0, 0.05) is 13.1 Å². The minimum atomic E-state index is -1.13. The van der Waals surface area contributed by atoms with E-state index in [0.29, 0.717) is 19.5 Å². The molecule has 8 nitrogen and oxygen atoms in total. The van der Waals surface area contributed by atoms with Crippen molar-refractivity contribution in [1.29, 1.82) is 0 Å². The van der Waals surface area contributed by atoms with Crippen molar-refractivity contribution in [2.24, 2.45) is 0 Å². The maximum Gasteiger partial charge on any atom is 0.410 e. The Morgan fingerprint density at radius 3 is 2.75 bits per heavy atom. The van der Waals surface area contributed by atoms with Gasteiger partial charge in [0.25, 0.3) is 0 Å². The number of nitrogens with zero attached hydrogens (tertiary/aromatic N) is 4. The Labute approximate surface area is 116 Å². The van der Waals surface area contributed by atoms with E-state index >= 15 is 0 Å². The summed E-state index contributed by atoms with van der Waals surface area (Å²) in [4.78, 5) is 28.2. The maximum atomic E-state index is 11.9. The van der Waals surface area contributed by atoms with Crippen molar-refractivity contribution in [3.63, 3.8) is 0 Å². The Hall–Kier alpha value is -2.12. The standard InChI is InChI=1S/C12H18N4O4/c1-12(2,3)20-11(19)15-5-4-8(6-15)16-9(10(17)18)13-7-14-16/h7-8H,4-6H2,1-3H3,(H,17,18). The Bertz CT molecular complexity index is 520. The third-order valence-electron chi connectivity index (χ3n) is 2.93. The van der Waals surface area contributed by atoms with Crippen molar-refractivity contribution in [2.75, 3.05) is 13.1 Å². The van der Waals surface area contributed by atoms with Gasteiger partial charge in [0.05, 0.1) is 6.04 Å². The van der Waals surface area contributed by atoms with Crippen molar-refractivity contribution in [2.45, 2.75) is 38.8 Å². The topological polar surface area (TPSA) is 97.5 Å². The van der Waals surface area contributed by atoms with Crippen LogP contribution in [0.25, 0.3) is 0 Å². The molecule has 1 N–H and O–H groups in total. The van der Waals surface area contributed by atoms with E-state index in [9.17, 15) is 9.59 Å². The largest absolute Gasteiger partial charge is 0.475 e. The highest BCUT2D eigenvalue weighted by molar-refractivity contribution is 5.83. The van der Waals surface area contributed by atoms with Crippen LogP contribution in [0.2, 0.25) is 0 Å². The summed E-state index contributed by atoms with van der Waals surface area (Å²) < 4.78 is 6.64. The molecule has 0 spiro atoms. The van der Waals surface area contributed by atoms with Crippen molar-refractivity contribution in [3.8, 4) is 0 Å². The number of carbonyl (C=O) groups excluding carboxylic acids is 1. The molecule has 1 amide bonds. The van der Waals surface area contributed by atoms with E-state index in [1.165, 1.54) is 11.0 Å². The number of hydrogen-bond acceptors (Lipinski definition) is 5. The first kappa shape index (κ1) is 14.3. The molecule has 0 radical (unpaired) electrons. The molecule has 110 valence electrons. The lowest BCUT2D eigenvalue weighted by Crippen LogP contribution is -2.35. The number of aromatic carboxylic acids is 1. The molecule has 8 heteroatoms. The predicted molar refractivity (Wildman–Crippen MR) is 68.4 cm³/mol. The third-order valence-corrected chi connectivity index (χ3v) is 2.93. The number of carbonyl (C=O) groups is 2. The molecule has 1 unspecified atom stereocenters. The van der Waals surface area contributed by atoms with Crippen LogP contribution in [0, 0.1) is 0 Å². The third kappa shape index (κ3) is 3.06. The summed E-state index contributed by atoms with van der Waals surface area (Å²) in [5.41, 5.74) is -0.547. The fraction of sp³-hybridized carbons (Fsp3) is 0.667. The maximum absolute atomic E-state index is 11.9. The van der Waals surface area contributed by atoms with Gasteiger partial charge in [-0.3, -0.25) is 0 Å². The first-order valence-corrected chi connectivity index (χ1v) is 6.38. The van der Waals surface area contributed by atoms with Gasteiger partial charge in [-0.25, -0.2) is 19.3 Å². The summed E-state index contributed by atoms with van der Waals surface area (Å²) in [6.45, 7) is 6.30. The number of carboxylic acid groups (broad SMARTS) is 1. The van der Waals surface area contributed by atoms with Gasteiger partial charge < -0.3 is 14.7 Å².